The molecule has 1 amide bonds. The quantitative estimate of drug-likeness (QED) is 0.328. The minimum absolute atomic E-state index is 0.0442. The summed E-state index contributed by atoms with van der Waals surface area (Å²) in [5.41, 5.74) is 4.51. The zero-order valence-electron chi connectivity index (χ0n) is 20.7. The molecule has 0 radical (unpaired) electrons. The number of carbonyl (C=O) groups excluding carboxylic acids is 1. The lowest BCUT2D eigenvalue weighted by atomic mass is 9.86. The van der Waals surface area contributed by atoms with E-state index in [1.165, 1.54) is 13.1 Å². The summed E-state index contributed by atoms with van der Waals surface area (Å²) in [7, 11) is 1.53. The topological polar surface area (TPSA) is 92.7 Å². The largest absolute Gasteiger partial charge is 0.370 e. The molecule has 2 N–H and O–H groups in total. The van der Waals surface area contributed by atoms with Crippen molar-refractivity contribution >= 4 is 34.4 Å². The van der Waals surface area contributed by atoms with Crippen molar-refractivity contribution in [3.63, 3.8) is 0 Å². The third-order valence-electron chi connectivity index (χ3n) is 6.31. The molecule has 7 nitrogen and oxygen atoms in total. The number of aromatic nitrogens is 4. The van der Waals surface area contributed by atoms with Gasteiger partial charge in [-0.3, -0.25) is 14.8 Å². The molecule has 2 atom stereocenters. The van der Waals surface area contributed by atoms with E-state index in [1.807, 2.05) is 25.3 Å². The minimum Gasteiger partial charge on any atom is -0.370 e. The highest BCUT2D eigenvalue weighted by atomic mass is 32.2. The summed E-state index contributed by atoms with van der Waals surface area (Å²) in [6.45, 7) is 4.77. The van der Waals surface area contributed by atoms with Crippen LogP contribution in [0.25, 0.3) is 22.2 Å². The Kier molecular flexibility index (Phi) is 8.10. The number of hydrogen-bond donors (Lipinski definition) is 2. The lowest BCUT2D eigenvalue weighted by Gasteiger charge is -2.25. The highest BCUT2D eigenvalue weighted by molar-refractivity contribution is 7.98. The molecule has 186 valence electrons. The van der Waals surface area contributed by atoms with Crippen molar-refractivity contribution in [2.75, 3.05) is 30.9 Å². The second-order valence-electron chi connectivity index (χ2n) is 8.72. The Balaban J connectivity index is 1.61. The molecule has 1 aromatic carbocycles. The second kappa shape index (κ2) is 11.4. The highest BCUT2D eigenvalue weighted by Crippen LogP contribution is 2.34. The van der Waals surface area contributed by atoms with E-state index in [0.717, 1.165) is 34.0 Å². The lowest BCUT2D eigenvalue weighted by Crippen LogP contribution is -2.23. The summed E-state index contributed by atoms with van der Waals surface area (Å²) < 4.78 is 14.9. The van der Waals surface area contributed by atoms with E-state index in [1.54, 1.807) is 42.6 Å². The molecule has 0 saturated heterocycles. The van der Waals surface area contributed by atoms with Crippen LogP contribution in [0.3, 0.4) is 0 Å². The summed E-state index contributed by atoms with van der Waals surface area (Å²) >= 11 is 1.75. The summed E-state index contributed by atoms with van der Waals surface area (Å²) in [4.78, 5) is 29.9. The number of amides is 1. The summed E-state index contributed by atoms with van der Waals surface area (Å²) in [5.74, 6) is 1.05. The van der Waals surface area contributed by atoms with Gasteiger partial charge in [-0.15, -0.1) is 0 Å². The zero-order valence-corrected chi connectivity index (χ0v) is 21.6. The number of anilines is 1. The summed E-state index contributed by atoms with van der Waals surface area (Å²) in [6.07, 6.45) is 8.77. The molecule has 0 aliphatic heterocycles. The van der Waals surface area contributed by atoms with Gasteiger partial charge in [0.2, 0.25) is 0 Å². The van der Waals surface area contributed by atoms with Crippen molar-refractivity contribution in [2.45, 2.75) is 19.8 Å². The standard InChI is InChI=1S/C27H29FN6OS/c1-16-9-18(12-30-11-16)23-10-24(34-15-33-23)32-13-19(14-36-4)17(2)20-5-6-22(28)25-21(27(35)29-3)7-8-31-26(20)25/h5-12,15,17,19H,13-14H2,1-4H3,(H,29,35)(H,32,33,34). The van der Waals surface area contributed by atoms with Crippen molar-refractivity contribution in [3.05, 3.63) is 77.8 Å². The van der Waals surface area contributed by atoms with Gasteiger partial charge >= 0.3 is 0 Å². The van der Waals surface area contributed by atoms with Crippen LogP contribution in [0, 0.1) is 18.7 Å². The molecular weight excluding hydrogens is 475 g/mol. The first-order chi connectivity index (χ1) is 17.4. The van der Waals surface area contributed by atoms with Gasteiger partial charge in [0.05, 0.1) is 16.8 Å². The predicted molar refractivity (Wildman–Crippen MR) is 144 cm³/mol. The van der Waals surface area contributed by atoms with Gasteiger partial charge in [0.15, 0.2) is 0 Å². The highest BCUT2D eigenvalue weighted by Gasteiger charge is 2.24. The maximum atomic E-state index is 14.9. The molecule has 2 unspecified atom stereocenters. The predicted octanol–water partition coefficient (Wildman–Crippen LogP) is 5.09. The van der Waals surface area contributed by atoms with Crippen LogP contribution in [0.1, 0.15) is 34.3 Å². The molecule has 4 rings (SSSR count). The number of nitrogens with one attached hydrogen (secondary N) is 2. The number of benzene rings is 1. The Morgan fingerprint density at radius 2 is 1.97 bits per heavy atom. The first-order valence-electron chi connectivity index (χ1n) is 11.7. The normalized spacial score (nSPS) is 12.8. The van der Waals surface area contributed by atoms with Crippen molar-refractivity contribution in [3.8, 4) is 11.3 Å². The Morgan fingerprint density at radius 3 is 2.72 bits per heavy atom. The van der Waals surface area contributed by atoms with Crippen LogP contribution < -0.4 is 10.6 Å². The van der Waals surface area contributed by atoms with Gasteiger partial charge < -0.3 is 10.6 Å². The SMILES string of the molecule is CNC(=O)c1ccnc2c(C(C)C(CNc3cc(-c4cncc(C)c4)ncn3)CSC)ccc(F)c12. The van der Waals surface area contributed by atoms with E-state index < -0.39 is 5.82 Å². The van der Waals surface area contributed by atoms with Crippen molar-refractivity contribution in [1.82, 2.24) is 25.3 Å². The third kappa shape index (κ3) is 5.46. The Morgan fingerprint density at radius 1 is 1.14 bits per heavy atom. The molecule has 0 aliphatic carbocycles. The van der Waals surface area contributed by atoms with Crippen LogP contribution in [-0.4, -0.2) is 51.4 Å². The molecule has 0 saturated carbocycles. The monoisotopic (exact) mass is 504 g/mol. The van der Waals surface area contributed by atoms with E-state index in [4.69, 9.17) is 0 Å². The smallest absolute Gasteiger partial charge is 0.251 e. The van der Waals surface area contributed by atoms with Crippen molar-refractivity contribution in [2.24, 2.45) is 5.92 Å². The van der Waals surface area contributed by atoms with Crippen LogP contribution in [-0.2, 0) is 0 Å². The molecule has 4 aromatic rings. The van der Waals surface area contributed by atoms with Gasteiger partial charge in [-0.1, -0.05) is 13.0 Å². The fourth-order valence-corrected chi connectivity index (χ4v) is 5.16. The van der Waals surface area contributed by atoms with Crippen LogP contribution in [0.2, 0.25) is 0 Å². The second-order valence-corrected chi connectivity index (χ2v) is 9.63. The van der Waals surface area contributed by atoms with Crippen LogP contribution in [0.15, 0.2) is 55.2 Å². The number of thioether (sulfide) groups is 1. The molecule has 0 fully saturated rings. The summed E-state index contributed by atoms with van der Waals surface area (Å²) in [6, 6.07) is 8.72. The first kappa shape index (κ1) is 25.5. The van der Waals surface area contributed by atoms with E-state index in [2.05, 4.69) is 43.7 Å². The molecule has 0 aliphatic rings. The number of carbonyl (C=O) groups is 1. The third-order valence-corrected chi connectivity index (χ3v) is 7.07. The zero-order chi connectivity index (χ0) is 25.7. The van der Waals surface area contributed by atoms with Crippen LogP contribution in [0.5, 0.6) is 0 Å². The van der Waals surface area contributed by atoms with Crippen molar-refractivity contribution in [1.29, 1.82) is 0 Å². The average molecular weight is 505 g/mol. The van der Waals surface area contributed by atoms with E-state index in [9.17, 15) is 9.18 Å². The number of rotatable bonds is 9. The van der Waals surface area contributed by atoms with E-state index in [-0.39, 0.29) is 28.7 Å². The van der Waals surface area contributed by atoms with Gasteiger partial charge in [0.1, 0.15) is 18.0 Å². The van der Waals surface area contributed by atoms with Crippen LogP contribution >= 0.6 is 11.8 Å². The Hall–Kier alpha value is -3.59. The van der Waals surface area contributed by atoms with Crippen molar-refractivity contribution < 1.29 is 9.18 Å². The number of nitrogens with zero attached hydrogens (tertiary/aromatic N) is 4. The molecule has 9 heteroatoms. The first-order valence-corrected chi connectivity index (χ1v) is 13.1. The summed E-state index contributed by atoms with van der Waals surface area (Å²) in [5, 5.41) is 6.30. The number of pyridine rings is 2. The number of halogens is 1. The molecule has 3 aromatic heterocycles. The molecule has 0 bridgehead atoms. The fourth-order valence-electron chi connectivity index (χ4n) is 4.33. The molecule has 3 heterocycles. The Labute approximate surface area is 214 Å². The van der Waals surface area contributed by atoms with Gasteiger partial charge in [-0.25, -0.2) is 14.4 Å². The maximum Gasteiger partial charge on any atom is 0.251 e. The maximum absolute atomic E-state index is 14.9. The van der Waals surface area contributed by atoms with Gasteiger partial charge in [0.25, 0.3) is 5.91 Å². The minimum atomic E-state index is -0.452. The average Bonchev–Trinajstić information content (AvgIpc) is 2.90. The Bertz CT molecular complexity index is 1380. The fraction of sp³-hybridized carbons (Fsp3) is 0.296. The van der Waals surface area contributed by atoms with E-state index in [0.29, 0.717) is 12.1 Å². The van der Waals surface area contributed by atoms with Gasteiger partial charge in [-0.2, -0.15) is 11.8 Å². The molecule has 0 spiro atoms. The number of fused-ring (bicyclic) bond motifs is 1. The van der Waals surface area contributed by atoms with Gasteiger partial charge in [0, 0.05) is 49.2 Å². The molecular formula is C27H29FN6OS. The van der Waals surface area contributed by atoms with Crippen LogP contribution in [0.4, 0.5) is 10.2 Å². The number of hydrogen-bond acceptors (Lipinski definition) is 7. The van der Waals surface area contributed by atoms with E-state index >= 15 is 0 Å². The number of aryl methyl sites for hydroxylation is 1. The van der Waals surface area contributed by atoms with Gasteiger partial charge in [-0.05, 0) is 60.1 Å². The lowest BCUT2D eigenvalue weighted by molar-refractivity contribution is 0.0964. The molecule has 36 heavy (non-hydrogen) atoms.